The molecule has 0 aliphatic carbocycles. The number of aromatic nitrogens is 2. The minimum Gasteiger partial charge on any atom is -0.267 e. The highest BCUT2D eigenvalue weighted by molar-refractivity contribution is 7.15. The molecular weight excluding hydrogens is 261 g/mol. The molecule has 0 aromatic carbocycles. The predicted molar refractivity (Wildman–Crippen MR) is 65.5 cm³/mol. The topological polar surface area (TPSA) is 17.8 Å². The lowest BCUT2D eigenvalue weighted by atomic mass is 10.2. The van der Waals surface area contributed by atoms with Crippen LogP contribution in [0.2, 0.25) is 0 Å². The molecular formula is C12H13F3N2S. The van der Waals surface area contributed by atoms with Crippen molar-refractivity contribution in [2.75, 3.05) is 0 Å². The van der Waals surface area contributed by atoms with Crippen molar-refractivity contribution in [3.05, 3.63) is 28.8 Å². The number of aryl methyl sites for hydroxylation is 2. The summed E-state index contributed by atoms with van der Waals surface area (Å²) in [7, 11) is 1.53. The molecule has 18 heavy (non-hydrogen) atoms. The highest BCUT2D eigenvalue weighted by Crippen LogP contribution is 2.34. The van der Waals surface area contributed by atoms with Crippen LogP contribution in [0.25, 0.3) is 10.6 Å². The van der Waals surface area contributed by atoms with E-state index in [2.05, 4.69) is 12.0 Å². The standard InChI is InChI=1S/C12H13F3N2S/c1-3-4-8-5-6-10(18-8)9-7-11(12(13,14)15)16-17(9)2/h5-7H,3-4H2,1-2H3. The van der Waals surface area contributed by atoms with Crippen LogP contribution in [0.3, 0.4) is 0 Å². The highest BCUT2D eigenvalue weighted by Gasteiger charge is 2.34. The highest BCUT2D eigenvalue weighted by atomic mass is 32.1. The second-order valence-corrected chi connectivity index (χ2v) is 5.22. The number of hydrogen-bond donors (Lipinski definition) is 0. The van der Waals surface area contributed by atoms with Crippen molar-refractivity contribution >= 4 is 11.3 Å². The lowest BCUT2D eigenvalue weighted by Gasteiger charge is -1.98. The summed E-state index contributed by atoms with van der Waals surface area (Å²) in [6.45, 7) is 2.07. The van der Waals surface area contributed by atoms with E-state index in [1.165, 1.54) is 27.9 Å². The molecule has 2 rings (SSSR count). The maximum atomic E-state index is 12.6. The molecule has 0 aliphatic heterocycles. The normalized spacial score (nSPS) is 12.1. The number of halogens is 3. The third kappa shape index (κ3) is 2.58. The third-order valence-corrected chi connectivity index (χ3v) is 3.75. The monoisotopic (exact) mass is 274 g/mol. The maximum absolute atomic E-state index is 12.6. The first-order valence-electron chi connectivity index (χ1n) is 5.62. The van der Waals surface area contributed by atoms with Gasteiger partial charge in [0, 0.05) is 11.9 Å². The van der Waals surface area contributed by atoms with Crippen LogP contribution in [0.5, 0.6) is 0 Å². The summed E-state index contributed by atoms with van der Waals surface area (Å²) in [5.41, 5.74) is -0.333. The second-order valence-electron chi connectivity index (χ2n) is 4.05. The van der Waals surface area contributed by atoms with Crippen LogP contribution in [-0.2, 0) is 19.6 Å². The first-order valence-corrected chi connectivity index (χ1v) is 6.43. The molecule has 2 heterocycles. The van der Waals surface area contributed by atoms with Crippen LogP contribution >= 0.6 is 11.3 Å². The van der Waals surface area contributed by atoms with E-state index in [0.717, 1.165) is 23.8 Å². The Morgan fingerprint density at radius 3 is 2.61 bits per heavy atom. The second kappa shape index (κ2) is 4.76. The van der Waals surface area contributed by atoms with Gasteiger partial charge in [0.15, 0.2) is 5.69 Å². The van der Waals surface area contributed by atoms with E-state index in [1.807, 2.05) is 12.1 Å². The van der Waals surface area contributed by atoms with Crippen LogP contribution in [0.1, 0.15) is 23.9 Å². The minimum atomic E-state index is -4.39. The zero-order chi connectivity index (χ0) is 13.3. The fourth-order valence-electron chi connectivity index (χ4n) is 1.73. The molecule has 0 aliphatic rings. The molecule has 0 bridgehead atoms. The third-order valence-electron chi connectivity index (χ3n) is 2.58. The average Bonchev–Trinajstić information content (AvgIpc) is 2.84. The Morgan fingerprint density at radius 2 is 2.06 bits per heavy atom. The molecule has 0 fully saturated rings. The van der Waals surface area contributed by atoms with Gasteiger partial charge in [-0.15, -0.1) is 11.3 Å². The Balaban J connectivity index is 2.35. The van der Waals surface area contributed by atoms with Crippen LogP contribution in [0, 0.1) is 0 Å². The van der Waals surface area contributed by atoms with E-state index in [4.69, 9.17) is 0 Å². The molecule has 0 N–H and O–H groups in total. The molecule has 0 saturated heterocycles. The first kappa shape index (κ1) is 13.1. The summed E-state index contributed by atoms with van der Waals surface area (Å²) < 4.78 is 38.9. The number of thiophene rings is 1. The van der Waals surface area contributed by atoms with Gasteiger partial charge in [-0.25, -0.2) is 0 Å². The zero-order valence-corrected chi connectivity index (χ0v) is 10.9. The van der Waals surface area contributed by atoms with E-state index < -0.39 is 11.9 Å². The molecule has 0 saturated carbocycles. The van der Waals surface area contributed by atoms with Gasteiger partial charge < -0.3 is 0 Å². The fraction of sp³-hybridized carbons (Fsp3) is 0.417. The Bertz CT molecular complexity index is 540. The van der Waals surface area contributed by atoms with Crippen molar-refractivity contribution in [3.63, 3.8) is 0 Å². The van der Waals surface area contributed by atoms with Gasteiger partial charge in [-0.3, -0.25) is 4.68 Å². The molecule has 2 nitrogen and oxygen atoms in total. The zero-order valence-electron chi connectivity index (χ0n) is 10.1. The molecule has 0 radical (unpaired) electrons. The van der Waals surface area contributed by atoms with Gasteiger partial charge in [0.25, 0.3) is 0 Å². The summed E-state index contributed by atoms with van der Waals surface area (Å²) in [6, 6.07) is 4.91. The SMILES string of the molecule is CCCc1ccc(-c2cc(C(F)(F)F)nn2C)s1. The Hall–Kier alpha value is -1.30. The van der Waals surface area contributed by atoms with Gasteiger partial charge in [0.1, 0.15) is 0 Å². The number of hydrogen-bond acceptors (Lipinski definition) is 2. The largest absolute Gasteiger partial charge is 0.435 e. The minimum absolute atomic E-state index is 0.509. The molecule has 0 amide bonds. The van der Waals surface area contributed by atoms with E-state index in [1.54, 1.807) is 0 Å². The van der Waals surface area contributed by atoms with Crippen molar-refractivity contribution in [2.45, 2.75) is 25.9 Å². The maximum Gasteiger partial charge on any atom is 0.435 e. The van der Waals surface area contributed by atoms with Crippen molar-refractivity contribution in [1.29, 1.82) is 0 Å². The van der Waals surface area contributed by atoms with Gasteiger partial charge in [-0.1, -0.05) is 13.3 Å². The van der Waals surface area contributed by atoms with Crippen LogP contribution in [-0.4, -0.2) is 9.78 Å². The quantitative estimate of drug-likeness (QED) is 0.823. The summed E-state index contributed by atoms with van der Waals surface area (Å²) >= 11 is 1.52. The molecule has 6 heteroatoms. The van der Waals surface area contributed by atoms with Crippen molar-refractivity contribution in [2.24, 2.45) is 7.05 Å². The van der Waals surface area contributed by atoms with Gasteiger partial charge in [-0.2, -0.15) is 18.3 Å². The molecule has 2 aromatic rings. The van der Waals surface area contributed by atoms with Crippen molar-refractivity contribution in [3.8, 4) is 10.6 Å². The van der Waals surface area contributed by atoms with Crippen LogP contribution in [0.15, 0.2) is 18.2 Å². The first-order chi connectivity index (χ1) is 8.41. The van der Waals surface area contributed by atoms with Crippen molar-refractivity contribution in [1.82, 2.24) is 9.78 Å². The predicted octanol–water partition coefficient (Wildman–Crippen LogP) is 4.12. The average molecular weight is 274 g/mol. The number of rotatable bonds is 3. The molecule has 0 unspecified atom stereocenters. The molecule has 2 aromatic heterocycles. The lowest BCUT2D eigenvalue weighted by molar-refractivity contribution is -0.141. The van der Waals surface area contributed by atoms with Crippen LogP contribution in [0.4, 0.5) is 13.2 Å². The Morgan fingerprint density at radius 1 is 1.33 bits per heavy atom. The fourth-order valence-corrected chi connectivity index (χ4v) is 2.89. The van der Waals surface area contributed by atoms with E-state index in [9.17, 15) is 13.2 Å². The van der Waals surface area contributed by atoms with E-state index in [0.29, 0.717) is 5.69 Å². The Labute approximate surface area is 107 Å². The number of alkyl halides is 3. The van der Waals surface area contributed by atoms with Gasteiger partial charge in [-0.05, 0) is 24.6 Å². The van der Waals surface area contributed by atoms with Gasteiger partial charge in [0.05, 0.1) is 10.6 Å². The summed E-state index contributed by atoms with van der Waals surface area (Å²) in [4.78, 5) is 2.01. The molecule has 0 atom stereocenters. The summed E-state index contributed by atoms with van der Waals surface area (Å²) in [5.74, 6) is 0. The lowest BCUT2D eigenvalue weighted by Crippen LogP contribution is -2.06. The molecule has 0 spiro atoms. The number of nitrogens with zero attached hydrogens (tertiary/aromatic N) is 2. The summed E-state index contributed by atoms with van der Waals surface area (Å²) in [5, 5.41) is 3.51. The Kier molecular flexibility index (Phi) is 3.47. The molecule has 98 valence electrons. The van der Waals surface area contributed by atoms with E-state index in [-0.39, 0.29) is 0 Å². The van der Waals surface area contributed by atoms with Crippen molar-refractivity contribution < 1.29 is 13.2 Å². The summed E-state index contributed by atoms with van der Waals surface area (Å²) in [6.07, 6.45) is -2.41. The van der Waals surface area contributed by atoms with Crippen LogP contribution < -0.4 is 0 Å². The van der Waals surface area contributed by atoms with Gasteiger partial charge in [0.2, 0.25) is 0 Å². The van der Waals surface area contributed by atoms with E-state index >= 15 is 0 Å². The smallest absolute Gasteiger partial charge is 0.267 e. The van der Waals surface area contributed by atoms with Gasteiger partial charge >= 0.3 is 6.18 Å².